The van der Waals surface area contributed by atoms with Gasteiger partial charge in [0.05, 0.1) is 12.6 Å². The van der Waals surface area contributed by atoms with Gasteiger partial charge in [-0.1, -0.05) is 49.6 Å². The number of rotatable bonds is 5. The van der Waals surface area contributed by atoms with Gasteiger partial charge in [0.2, 0.25) is 5.91 Å². The summed E-state index contributed by atoms with van der Waals surface area (Å²) in [7, 11) is 2.07. The molecule has 2 rings (SSSR count). The number of benzene rings is 1. The number of nitrogens with one attached hydrogen (secondary N) is 1. The van der Waals surface area contributed by atoms with Crippen molar-refractivity contribution in [3.05, 3.63) is 35.9 Å². The Bertz CT molecular complexity index is 412. The minimum absolute atomic E-state index is 0.0726. The lowest BCUT2D eigenvalue weighted by molar-refractivity contribution is -0.123. The van der Waals surface area contributed by atoms with Crippen LogP contribution in [0, 0.1) is 0 Å². The number of carbonyl (C=O) groups is 1. The number of nitrogens with zero attached hydrogens (tertiary/aromatic N) is 1. The average Bonchev–Trinajstić information content (AvgIpc) is 2.49. The van der Waals surface area contributed by atoms with Crippen LogP contribution in [0.3, 0.4) is 0 Å². The lowest BCUT2D eigenvalue weighted by Gasteiger charge is -2.31. The van der Waals surface area contributed by atoms with E-state index in [1.807, 2.05) is 25.1 Å². The summed E-state index contributed by atoms with van der Waals surface area (Å²) in [6.45, 7) is 2.54. The van der Waals surface area contributed by atoms with Gasteiger partial charge in [0.15, 0.2) is 0 Å². The third-order valence-corrected chi connectivity index (χ3v) is 4.27. The normalized spacial score (nSPS) is 17.9. The van der Waals surface area contributed by atoms with Gasteiger partial charge in [0.25, 0.3) is 0 Å². The van der Waals surface area contributed by atoms with Crippen LogP contribution in [0.2, 0.25) is 0 Å². The van der Waals surface area contributed by atoms with Crippen LogP contribution in [0.15, 0.2) is 30.3 Å². The summed E-state index contributed by atoms with van der Waals surface area (Å²) in [5, 5.41) is 3.09. The average molecular weight is 274 g/mol. The van der Waals surface area contributed by atoms with E-state index >= 15 is 0 Å². The first-order valence-electron chi connectivity index (χ1n) is 7.71. The van der Waals surface area contributed by atoms with Crippen LogP contribution in [0.1, 0.15) is 50.6 Å². The van der Waals surface area contributed by atoms with Crippen molar-refractivity contribution in [2.75, 3.05) is 13.6 Å². The Morgan fingerprint density at radius 2 is 1.90 bits per heavy atom. The van der Waals surface area contributed by atoms with Gasteiger partial charge in [-0.05, 0) is 32.4 Å². The van der Waals surface area contributed by atoms with Gasteiger partial charge in [0.1, 0.15) is 0 Å². The van der Waals surface area contributed by atoms with Crippen LogP contribution in [0.4, 0.5) is 0 Å². The molecule has 0 radical (unpaired) electrons. The van der Waals surface area contributed by atoms with Crippen LogP contribution < -0.4 is 5.32 Å². The number of hydrogen-bond acceptors (Lipinski definition) is 2. The third kappa shape index (κ3) is 4.34. The van der Waals surface area contributed by atoms with E-state index in [0.29, 0.717) is 12.6 Å². The molecule has 1 aliphatic carbocycles. The number of hydrogen-bond donors (Lipinski definition) is 1. The molecule has 0 bridgehead atoms. The Labute approximate surface area is 122 Å². The predicted molar refractivity (Wildman–Crippen MR) is 82.5 cm³/mol. The first kappa shape index (κ1) is 15.0. The van der Waals surface area contributed by atoms with Crippen molar-refractivity contribution in [1.82, 2.24) is 10.2 Å². The molecule has 1 atom stereocenters. The highest BCUT2D eigenvalue weighted by Gasteiger charge is 2.20. The van der Waals surface area contributed by atoms with E-state index in [-0.39, 0.29) is 11.9 Å². The monoisotopic (exact) mass is 274 g/mol. The molecular formula is C17H26N2O. The molecule has 1 aromatic rings. The molecule has 20 heavy (non-hydrogen) atoms. The zero-order chi connectivity index (χ0) is 14.4. The van der Waals surface area contributed by atoms with Crippen molar-refractivity contribution in [3.8, 4) is 0 Å². The molecule has 1 amide bonds. The second-order valence-corrected chi connectivity index (χ2v) is 5.91. The highest BCUT2D eigenvalue weighted by molar-refractivity contribution is 5.78. The van der Waals surface area contributed by atoms with Gasteiger partial charge >= 0.3 is 0 Å². The summed E-state index contributed by atoms with van der Waals surface area (Å²) in [6, 6.07) is 10.8. The van der Waals surface area contributed by atoms with Crippen molar-refractivity contribution in [1.29, 1.82) is 0 Å². The van der Waals surface area contributed by atoms with Crippen molar-refractivity contribution < 1.29 is 4.79 Å². The number of amides is 1. The maximum Gasteiger partial charge on any atom is 0.234 e. The van der Waals surface area contributed by atoms with E-state index in [4.69, 9.17) is 0 Å². The molecule has 0 spiro atoms. The van der Waals surface area contributed by atoms with E-state index in [9.17, 15) is 4.79 Å². The zero-order valence-corrected chi connectivity index (χ0v) is 12.6. The Morgan fingerprint density at radius 3 is 2.55 bits per heavy atom. The van der Waals surface area contributed by atoms with Crippen LogP contribution in [-0.2, 0) is 4.79 Å². The van der Waals surface area contributed by atoms with Gasteiger partial charge in [-0.15, -0.1) is 0 Å². The summed E-state index contributed by atoms with van der Waals surface area (Å²) < 4.78 is 0. The Hall–Kier alpha value is -1.35. The lowest BCUT2D eigenvalue weighted by atomic mass is 9.94. The SMILES string of the molecule is C[C@H](NC(=O)CN(C)C1CCCCC1)c1ccccc1. The smallest absolute Gasteiger partial charge is 0.234 e. The first-order valence-corrected chi connectivity index (χ1v) is 7.71. The first-order chi connectivity index (χ1) is 9.66. The van der Waals surface area contributed by atoms with Crippen LogP contribution in [0.5, 0.6) is 0 Å². The summed E-state index contributed by atoms with van der Waals surface area (Å²) in [6.07, 6.45) is 6.42. The second-order valence-electron chi connectivity index (χ2n) is 5.91. The minimum Gasteiger partial charge on any atom is -0.348 e. The molecular weight excluding hydrogens is 248 g/mol. The lowest BCUT2D eigenvalue weighted by Crippen LogP contribution is -2.42. The molecule has 0 saturated heterocycles. The maximum atomic E-state index is 12.1. The summed E-state index contributed by atoms with van der Waals surface area (Å²) >= 11 is 0. The van der Waals surface area contributed by atoms with Crippen molar-refractivity contribution in [2.45, 2.75) is 51.1 Å². The van der Waals surface area contributed by atoms with E-state index in [1.54, 1.807) is 0 Å². The summed E-state index contributed by atoms with van der Waals surface area (Å²) in [4.78, 5) is 14.3. The second kappa shape index (κ2) is 7.44. The molecule has 3 nitrogen and oxygen atoms in total. The standard InChI is InChI=1S/C17H26N2O/c1-14(15-9-5-3-6-10-15)18-17(20)13-19(2)16-11-7-4-8-12-16/h3,5-6,9-10,14,16H,4,7-8,11-13H2,1-2H3,(H,18,20)/t14-/m0/s1. The third-order valence-electron chi connectivity index (χ3n) is 4.27. The molecule has 110 valence electrons. The van der Waals surface area contributed by atoms with Crippen molar-refractivity contribution in [2.24, 2.45) is 0 Å². The van der Waals surface area contributed by atoms with Crippen LogP contribution in [0.25, 0.3) is 0 Å². The van der Waals surface area contributed by atoms with Gasteiger partial charge in [-0.25, -0.2) is 0 Å². The molecule has 0 unspecified atom stereocenters. The fraction of sp³-hybridized carbons (Fsp3) is 0.588. The topological polar surface area (TPSA) is 32.3 Å². The van der Waals surface area contributed by atoms with Crippen molar-refractivity contribution >= 4 is 5.91 Å². The van der Waals surface area contributed by atoms with Crippen LogP contribution in [-0.4, -0.2) is 30.4 Å². The number of likely N-dealkylation sites (N-methyl/N-ethyl adjacent to an activating group) is 1. The van der Waals surface area contributed by atoms with E-state index in [0.717, 1.165) is 5.56 Å². The van der Waals surface area contributed by atoms with E-state index in [2.05, 4.69) is 29.4 Å². The molecule has 0 heterocycles. The molecule has 0 aliphatic heterocycles. The van der Waals surface area contributed by atoms with Gasteiger partial charge < -0.3 is 5.32 Å². The molecule has 1 saturated carbocycles. The molecule has 1 N–H and O–H groups in total. The van der Waals surface area contributed by atoms with Gasteiger partial charge in [-0.3, -0.25) is 9.69 Å². The van der Waals surface area contributed by atoms with Gasteiger partial charge in [0, 0.05) is 6.04 Å². The quantitative estimate of drug-likeness (QED) is 0.894. The molecule has 1 fully saturated rings. The fourth-order valence-electron chi connectivity index (χ4n) is 2.99. The van der Waals surface area contributed by atoms with Gasteiger partial charge in [-0.2, -0.15) is 0 Å². The molecule has 1 aliphatic rings. The Kier molecular flexibility index (Phi) is 5.60. The van der Waals surface area contributed by atoms with Crippen LogP contribution >= 0.6 is 0 Å². The van der Waals surface area contributed by atoms with E-state index in [1.165, 1.54) is 32.1 Å². The zero-order valence-electron chi connectivity index (χ0n) is 12.6. The fourth-order valence-corrected chi connectivity index (χ4v) is 2.99. The maximum absolute atomic E-state index is 12.1. The molecule has 1 aromatic carbocycles. The predicted octanol–water partition coefficient (Wildman–Crippen LogP) is 3.13. The Balaban J connectivity index is 1.79. The van der Waals surface area contributed by atoms with E-state index < -0.39 is 0 Å². The molecule has 3 heteroatoms. The summed E-state index contributed by atoms with van der Waals surface area (Å²) in [5.41, 5.74) is 1.15. The highest BCUT2D eigenvalue weighted by Crippen LogP contribution is 2.21. The number of carbonyl (C=O) groups excluding carboxylic acids is 1. The molecule has 0 aromatic heterocycles. The largest absolute Gasteiger partial charge is 0.348 e. The highest BCUT2D eigenvalue weighted by atomic mass is 16.2. The van der Waals surface area contributed by atoms with Crippen molar-refractivity contribution in [3.63, 3.8) is 0 Å². The summed E-state index contributed by atoms with van der Waals surface area (Å²) in [5.74, 6) is 0.120. The minimum atomic E-state index is 0.0726. The Morgan fingerprint density at radius 1 is 1.25 bits per heavy atom.